The molecule has 0 aromatic carbocycles. The molecule has 1 aromatic heterocycles. The van der Waals surface area contributed by atoms with Gasteiger partial charge in [-0.15, -0.1) is 5.10 Å². The van der Waals surface area contributed by atoms with E-state index in [4.69, 9.17) is 0 Å². The summed E-state index contributed by atoms with van der Waals surface area (Å²) in [5, 5.41) is 11.1. The van der Waals surface area contributed by atoms with Crippen LogP contribution in [-0.4, -0.2) is 41.4 Å². The molecule has 1 aliphatic heterocycles. The van der Waals surface area contributed by atoms with E-state index in [0.717, 1.165) is 19.5 Å². The van der Waals surface area contributed by atoms with Gasteiger partial charge >= 0.3 is 0 Å². The zero-order valence-electron chi connectivity index (χ0n) is 7.64. The molecule has 5 nitrogen and oxygen atoms in total. The van der Waals surface area contributed by atoms with E-state index in [1.165, 1.54) is 0 Å². The number of nitrogens with one attached hydrogen (secondary N) is 1. The number of hydrogen-bond acceptors (Lipinski definition) is 5. The second-order valence-electron chi connectivity index (χ2n) is 3.20. The Hall–Kier alpha value is -1.23. The van der Waals surface area contributed by atoms with Crippen molar-refractivity contribution in [2.75, 3.05) is 25.0 Å². The van der Waals surface area contributed by atoms with Gasteiger partial charge in [-0.2, -0.15) is 5.10 Å². The summed E-state index contributed by atoms with van der Waals surface area (Å²) in [6.45, 7) is 2.09. The van der Waals surface area contributed by atoms with E-state index in [1.54, 1.807) is 12.4 Å². The maximum absolute atomic E-state index is 4.15. The fraction of sp³-hybridized carbons (Fsp3) is 0.625. The fourth-order valence-electron chi connectivity index (χ4n) is 1.54. The molecule has 2 rings (SSSR count). The van der Waals surface area contributed by atoms with Crippen molar-refractivity contribution < 1.29 is 0 Å². The van der Waals surface area contributed by atoms with Crippen molar-refractivity contribution in [2.24, 2.45) is 0 Å². The summed E-state index contributed by atoms with van der Waals surface area (Å²) in [5.74, 6) is 0.705. The van der Waals surface area contributed by atoms with Crippen molar-refractivity contribution in [3.05, 3.63) is 12.4 Å². The molecule has 1 saturated heterocycles. The van der Waals surface area contributed by atoms with Crippen LogP contribution in [0, 0.1) is 0 Å². The summed E-state index contributed by atoms with van der Waals surface area (Å²) in [4.78, 5) is 6.22. The first kappa shape index (κ1) is 8.37. The number of anilines is 1. The zero-order valence-corrected chi connectivity index (χ0v) is 7.64. The monoisotopic (exact) mass is 179 g/mol. The molecule has 0 bridgehead atoms. The van der Waals surface area contributed by atoms with E-state index in [1.807, 2.05) is 7.05 Å². The van der Waals surface area contributed by atoms with Crippen LogP contribution in [-0.2, 0) is 0 Å². The van der Waals surface area contributed by atoms with E-state index in [2.05, 4.69) is 25.4 Å². The van der Waals surface area contributed by atoms with Crippen molar-refractivity contribution >= 4 is 5.95 Å². The summed E-state index contributed by atoms with van der Waals surface area (Å²) in [5.41, 5.74) is 0. The third-order valence-corrected chi connectivity index (χ3v) is 2.37. The smallest absolute Gasteiger partial charge is 0.245 e. The van der Waals surface area contributed by atoms with Crippen LogP contribution >= 0.6 is 0 Å². The Bertz CT molecular complexity index is 256. The lowest BCUT2D eigenvalue weighted by Crippen LogP contribution is -2.34. The second-order valence-corrected chi connectivity index (χ2v) is 3.20. The number of hydrogen-bond donors (Lipinski definition) is 1. The van der Waals surface area contributed by atoms with Crippen molar-refractivity contribution in [1.82, 2.24) is 20.5 Å². The number of aromatic nitrogens is 3. The van der Waals surface area contributed by atoms with Gasteiger partial charge in [0.25, 0.3) is 0 Å². The summed E-state index contributed by atoms with van der Waals surface area (Å²) in [6, 6.07) is 0.504. The van der Waals surface area contributed by atoms with Gasteiger partial charge in [-0.1, -0.05) is 0 Å². The molecule has 0 aliphatic carbocycles. The average molecular weight is 179 g/mol. The van der Waals surface area contributed by atoms with Gasteiger partial charge < -0.3 is 10.2 Å². The fourth-order valence-corrected chi connectivity index (χ4v) is 1.54. The van der Waals surface area contributed by atoms with E-state index in [-0.39, 0.29) is 0 Å². The average Bonchev–Trinajstić information content (AvgIpc) is 2.71. The quantitative estimate of drug-likeness (QED) is 0.673. The van der Waals surface area contributed by atoms with Gasteiger partial charge in [0.1, 0.15) is 0 Å². The predicted molar refractivity (Wildman–Crippen MR) is 49.5 cm³/mol. The first-order chi connectivity index (χ1) is 6.38. The van der Waals surface area contributed by atoms with Crippen LogP contribution in [0.1, 0.15) is 6.42 Å². The first-order valence-electron chi connectivity index (χ1n) is 4.45. The highest BCUT2D eigenvalue weighted by atomic mass is 15.3. The van der Waals surface area contributed by atoms with Crippen LogP contribution in [0.25, 0.3) is 0 Å². The topological polar surface area (TPSA) is 53.9 Å². The zero-order chi connectivity index (χ0) is 9.10. The molecular formula is C8H13N5. The highest BCUT2D eigenvalue weighted by Gasteiger charge is 2.20. The Labute approximate surface area is 77.2 Å². The van der Waals surface area contributed by atoms with Gasteiger partial charge in [0, 0.05) is 19.6 Å². The molecule has 0 radical (unpaired) electrons. The number of nitrogens with zero attached hydrogens (tertiary/aromatic N) is 4. The molecule has 0 saturated carbocycles. The molecule has 0 amide bonds. The minimum atomic E-state index is 0.504. The van der Waals surface area contributed by atoms with Crippen molar-refractivity contribution in [3.63, 3.8) is 0 Å². The third-order valence-electron chi connectivity index (χ3n) is 2.37. The van der Waals surface area contributed by atoms with Crippen LogP contribution in [0.2, 0.25) is 0 Å². The Morgan fingerprint density at radius 1 is 1.54 bits per heavy atom. The van der Waals surface area contributed by atoms with Gasteiger partial charge in [-0.05, 0) is 13.0 Å². The van der Waals surface area contributed by atoms with Crippen LogP contribution in [0.5, 0.6) is 0 Å². The van der Waals surface area contributed by atoms with Gasteiger partial charge in [0.2, 0.25) is 5.95 Å². The highest BCUT2D eigenvalue weighted by molar-refractivity contribution is 5.28. The molecule has 5 heteroatoms. The summed E-state index contributed by atoms with van der Waals surface area (Å²) in [7, 11) is 2.01. The molecule has 2 heterocycles. The molecule has 70 valence electrons. The maximum atomic E-state index is 4.15. The van der Waals surface area contributed by atoms with Crippen LogP contribution in [0.4, 0.5) is 5.95 Å². The van der Waals surface area contributed by atoms with Crippen LogP contribution < -0.4 is 10.2 Å². The molecule has 1 unspecified atom stereocenters. The van der Waals surface area contributed by atoms with Crippen LogP contribution in [0.3, 0.4) is 0 Å². The van der Waals surface area contributed by atoms with Crippen molar-refractivity contribution in [3.8, 4) is 0 Å². The van der Waals surface area contributed by atoms with Gasteiger partial charge in [0.05, 0.1) is 12.4 Å². The highest BCUT2D eigenvalue weighted by Crippen LogP contribution is 2.11. The minimum Gasteiger partial charge on any atom is -0.338 e. The third kappa shape index (κ3) is 1.75. The summed E-state index contributed by atoms with van der Waals surface area (Å²) >= 11 is 0. The number of rotatable bonds is 2. The first-order valence-corrected chi connectivity index (χ1v) is 4.45. The van der Waals surface area contributed by atoms with Gasteiger partial charge in [-0.3, -0.25) is 0 Å². The molecule has 1 atom stereocenters. The maximum Gasteiger partial charge on any atom is 0.245 e. The van der Waals surface area contributed by atoms with E-state index in [9.17, 15) is 0 Å². The Kier molecular flexibility index (Phi) is 2.35. The molecule has 1 fully saturated rings. The largest absolute Gasteiger partial charge is 0.338 e. The SMILES string of the molecule is CN(c1nccnn1)C1CCNC1. The molecule has 1 aromatic rings. The van der Waals surface area contributed by atoms with Gasteiger partial charge in [-0.25, -0.2) is 4.98 Å². The Morgan fingerprint density at radius 3 is 3.08 bits per heavy atom. The van der Waals surface area contributed by atoms with E-state index < -0.39 is 0 Å². The Morgan fingerprint density at radius 2 is 2.46 bits per heavy atom. The van der Waals surface area contributed by atoms with E-state index in [0.29, 0.717) is 12.0 Å². The van der Waals surface area contributed by atoms with Gasteiger partial charge in [0.15, 0.2) is 0 Å². The lowest BCUT2D eigenvalue weighted by molar-refractivity contribution is 0.661. The number of likely N-dealkylation sites (N-methyl/N-ethyl adjacent to an activating group) is 1. The summed E-state index contributed by atoms with van der Waals surface area (Å²) < 4.78 is 0. The molecule has 1 N–H and O–H groups in total. The molecule has 0 spiro atoms. The van der Waals surface area contributed by atoms with E-state index >= 15 is 0 Å². The standard InChI is InChI=1S/C8H13N5/c1-13(7-2-3-9-6-7)8-10-4-5-11-12-8/h4-5,7,9H,2-3,6H2,1H3. The minimum absolute atomic E-state index is 0.504. The molecule has 1 aliphatic rings. The van der Waals surface area contributed by atoms with Crippen molar-refractivity contribution in [2.45, 2.75) is 12.5 Å². The lowest BCUT2D eigenvalue weighted by Gasteiger charge is -2.22. The van der Waals surface area contributed by atoms with Crippen molar-refractivity contribution in [1.29, 1.82) is 0 Å². The normalized spacial score (nSPS) is 21.8. The predicted octanol–water partition coefficient (Wildman–Crippen LogP) is -0.330. The summed E-state index contributed by atoms with van der Waals surface area (Å²) in [6.07, 6.45) is 4.40. The van der Waals surface area contributed by atoms with Crippen LogP contribution in [0.15, 0.2) is 12.4 Å². The lowest BCUT2D eigenvalue weighted by atomic mass is 10.2. The molecule has 13 heavy (non-hydrogen) atoms. The second kappa shape index (κ2) is 3.66. The molecular weight excluding hydrogens is 166 g/mol. The Balaban J connectivity index is 2.08.